The summed E-state index contributed by atoms with van der Waals surface area (Å²) in [5.74, 6) is 0.411. The van der Waals surface area contributed by atoms with Crippen molar-refractivity contribution in [3.63, 3.8) is 0 Å². The van der Waals surface area contributed by atoms with Crippen LogP contribution in [0.1, 0.15) is 41.2 Å². The molecule has 0 spiro atoms. The Morgan fingerprint density at radius 3 is 2.71 bits per heavy atom. The lowest BCUT2D eigenvalue weighted by molar-refractivity contribution is 0.0990. The van der Waals surface area contributed by atoms with Crippen molar-refractivity contribution < 1.29 is 9.18 Å². The predicted molar refractivity (Wildman–Crippen MR) is 78.9 cm³/mol. The third-order valence-corrected chi connectivity index (χ3v) is 4.20. The smallest absolute Gasteiger partial charge is 0.261 e. The summed E-state index contributed by atoms with van der Waals surface area (Å²) >= 11 is 0. The Kier molecular flexibility index (Phi) is 3.49. The molecule has 2 aromatic heterocycles. The molecule has 0 N–H and O–H groups in total. The Morgan fingerprint density at radius 1 is 1.38 bits per heavy atom. The molecular weight excluding hydrogens is 269 g/mol. The van der Waals surface area contributed by atoms with Gasteiger partial charge < -0.3 is 4.57 Å². The van der Waals surface area contributed by atoms with Gasteiger partial charge in [0.05, 0.1) is 11.8 Å². The number of rotatable bonds is 3. The number of amides is 1. The first kappa shape index (κ1) is 13.8. The average molecular weight is 287 g/mol. The second-order valence-corrected chi connectivity index (χ2v) is 5.55. The fourth-order valence-electron chi connectivity index (χ4n) is 2.76. The molecule has 110 valence electrons. The standard InChI is InChI=1S/C16H18FN3O/c1-19-9-8-13(15(19)11-4-3-5-11)16(21)20(2)14-7-6-12(17)10-18-14/h6-11H,3-5H2,1-2H3. The van der Waals surface area contributed by atoms with Crippen LogP contribution in [0.25, 0.3) is 0 Å². The molecule has 1 saturated carbocycles. The number of carbonyl (C=O) groups is 1. The Hall–Kier alpha value is -2.17. The van der Waals surface area contributed by atoms with Crippen molar-refractivity contribution in [1.29, 1.82) is 0 Å². The number of nitrogens with zero attached hydrogens (tertiary/aromatic N) is 3. The summed E-state index contributed by atoms with van der Waals surface area (Å²) in [5, 5.41) is 0. The van der Waals surface area contributed by atoms with Crippen LogP contribution in [0.4, 0.5) is 10.2 Å². The summed E-state index contributed by atoms with van der Waals surface area (Å²) in [5.41, 5.74) is 1.82. The average Bonchev–Trinajstić information content (AvgIpc) is 2.78. The molecule has 4 nitrogen and oxygen atoms in total. The summed E-state index contributed by atoms with van der Waals surface area (Å²) < 4.78 is 15.0. The monoisotopic (exact) mass is 287 g/mol. The molecule has 1 aliphatic carbocycles. The molecule has 0 saturated heterocycles. The van der Waals surface area contributed by atoms with E-state index >= 15 is 0 Å². The minimum atomic E-state index is -0.408. The SMILES string of the molecule is CN(C(=O)c1ccn(C)c1C1CCC1)c1ccc(F)cn1. The maximum atomic E-state index is 12.9. The first-order chi connectivity index (χ1) is 10.1. The zero-order valence-corrected chi connectivity index (χ0v) is 12.2. The van der Waals surface area contributed by atoms with Crippen LogP contribution in [0.15, 0.2) is 30.6 Å². The Morgan fingerprint density at radius 2 is 2.14 bits per heavy atom. The van der Waals surface area contributed by atoms with Crippen LogP contribution in [0, 0.1) is 5.82 Å². The second kappa shape index (κ2) is 5.31. The molecule has 0 bridgehead atoms. The quantitative estimate of drug-likeness (QED) is 0.870. The molecule has 1 fully saturated rings. The van der Waals surface area contributed by atoms with Crippen LogP contribution in [-0.4, -0.2) is 22.5 Å². The number of aromatic nitrogens is 2. The number of hydrogen-bond acceptors (Lipinski definition) is 2. The fourth-order valence-corrected chi connectivity index (χ4v) is 2.76. The van der Waals surface area contributed by atoms with Gasteiger partial charge in [0.1, 0.15) is 11.6 Å². The van der Waals surface area contributed by atoms with E-state index < -0.39 is 5.82 Å². The number of hydrogen-bond donors (Lipinski definition) is 0. The first-order valence-electron chi connectivity index (χ1n) is 7.12. The number of aryl methyl sites for hydroxylation is 1. The molecule has 0 atom stereocenters. The third kappa shape index (κ3) is 2.44. The maximum Gasteiger partial charge on any atom is 0.261 e. The normalized spacial score (nSPS) is 14.8. The van der Waals surface area contributed by atoms with Crippen LogP contribution in [0.3, 0.4) is 0 Å². The van der Waals surface area contributed by atoms with E-state index in [9.17, 15) is 9.18 Å². The highest BCUT2D eigenvalue weighted by Gasteiger charge is 2.28. The number of halogens is 1. The van der Waals surface area contributed by atoms with Crippen LogP contribution >= 0.6 is 0 Å². The first-order valence-corrected chi connectivity index (χ1v) is 7.12. The lowest BCUT2D eigenvalue weighted by atomic mass is 9.81. The van der Waals surface area contributed by atoms with Crippen molar-refractivity contribution in [2.75, 3.05) is 11.9 Å². The Bertz CT molecular complexity index is 659. The highest BCUT2D eigenvalue weighted by Crippen LogP contribution is 2.38. The summed E-state index contributed by atoms with van der Waals surface area (Å²) in [6.45, 7) is 0. The van der Waals surface area contributed by atoms with E-state index in [1.165, 1.54) is 23.5 Å². The molecule has 1 amide bonds. The van der Waals surface area contributed by atoms with E-state index in [2.05, 4.69) is 4.98 Å². The minimum Gasteiger partial charge on any atom is -0.353 e. The highest BCUT2D eigenvalue weighted by molar-refractivity contribution is 6.06. The van der Waals surface area contributed by atoms with Crippen molar-refractivity contribution in [2.24, 2.45) is 7.05 Å². The number of carbonyl (C=O) groups excluding carboxylic acids is 1. The van der Waals surface area contributed by atoms with Gasteiger partial charge in [0.25, 0.3) is 5.91 Å². The van der Waals surface area contributed by atoms with E-state index in [0.29, 0.717) is 11.7 Å². The van der Waals surface area contributed by atoms with Crippen LogP contribution in [-0.2, 0) is 7.05 Å². The Labute approximate surface area is 123 Å². The molecule has 2 aromatic rings. The van der Waals surface area contributed by atoms with Crippen molar-refractivity contribution in [2.45, 2.75) is 25.2 Å². The predicted octanol–water partition coefficient (Wildman–Crippen LogP) is 3.10. The molecule has 3 rings (SSSR count). The van der Waals surface area contributed by atoms with Crippen LogP contribution in [0.5, 0.6) is 0 Å². The largest absolute Gasteiger partial charge is 0.353 e. The summed E-state index contributed by atoms with van der Waals surface area (Å²) in [6, 6.07) is 4.68. The van der Waals surface area contributed by atoms with E-state index in [1.807, 2.05) is 23.9 Å². The van der Waals surface area contributed by atoms with Crippen LogP contribution in [0.2, 0.25) is 0 Å². The second-order valence-electron chi connectivity index (χ2n) is 5.55. The Balaban J connectivity index is 1.89. The van der Waals surface area contributed by atoms with Gasteiger partial charge in [-0.1, -0.05) is 6.42 Å². The van der Waals surface area contributed by atoms with Gasteiger partial charge in [-0.25, -0.2) is 9.37 Å². The summed E-state index contributed by atoms with van der Waals surface area (Å²) in [6.07, 6.45) is 6.54. The summed E-state index contributed by atoms with van der Waals surface area (Å²) in [4.78, 5) is 18.1. The van der Waals surface area contributed by atoms with Gasteiger partial charge in [0.2, 0.25) is 0 Å². The minimum absolute atomic E-state index is 0.100. The molecule has 0 aliphatic heterocycles. The maximum absolute atomic E-state index is 12.9. The fraction of sp³-hybridized carbons (Fsp3) is 0.375. The topological polar surface area (TPSA) is 38.1 Å². The van der Waals surface area contributed by atoms with Gasteiger partial charge >= 0.3 is 0 Å². The molecule has 21 heavy (non-hydrogen) atoms. The van der Waals surface area contributed by atoms with Gasteiger partial charge in [0.15, 0.2) is 0 Å². The number of anilines is 1. The van der Waals surface area contributed by atoms with Crippen molar-refractivity contribution in [3.8, 4) is 0 Å². The molecule has 0 radical (unpaired) electrons. The lowest BCUT2D eigenvalue weighted by Crippen LogP contribution is -2.29. The number of pyridine rings is 1. The lowest BCUT2D eigenvalue weighted by Gasteiger charge is -2.28. The molecular formula is C16H18FN3O. The molecule has 2 heterocycles. The van der Waals surface area contributed by atoms with E-state index in [4.69, 9.17) is 0 Å². The zero-order chi connectivity index (χ0) is 15.0. The summed E-state index contributed by atoms with van der Waals surface area (Å²) in [7, 11) is 3.64. The molecule has 0 aromatic carbocycles. The zero-order valence-electron chi connectivity index (χ0n) is 12.2. The molecule has 5 heteroatoms. The van der Waals surface area contributed by atoms with Gasteiger partial charge in [-0.05, 0) is 37.0 Å². The van der Waals surface area contributed by atoms with E-state index in [-0.39, 0.29) is 5.91 Å². The highest BCUT2D eigenvalue weighted by atomic mass is 19.1. The van der Waals surface area contributed by atoms with E-state index in [0.717, 1.165) is 30.3 Å². The molecule has 0 unspecified atom stereocenters. The van der Waals surface area contributed by atoms with Gasteiger partial charge in [-0.15, -0.1) is 0 Å². The van der Waals surface area contributed by atoms with Crippen molar-refractivity contribution in [1.82, 2.24) is 9.55 Å². The van der Waals surface area contributed by atoms with Gasteiger partial charge in [-0.3, -0.25) is 9.69 Å². The van der Waals surface area contributed by atoms with E-state index in [1.54, 1.807) is 7.05 Å². The van der Waals surface area contributed by atoms with Gasteiger partial charge in [0, 0.05) is 26.0 Å². The molecule has 1 aliphatic rings. The van der Waals surface area contributed by atoms with Crippen molar-refractivity contribution in [3.05, 3.63) is 47.7 Å². The van der Waals surface area contributed by atoms with Crippen molar-refractivity contribution >= 4 is 11.7 Å². The van der Waals surface area contributed by atoms with Crippen LogP contribution < -0.4 is 4.90 Å². The van der Waals surface area contributed by atoms with Gasteiger partial charge in [-0.2, -0.15) is 0 Å². The third-order valence-electron chi connectivity index (χ3n) is 4.20.